The van der Waals surface area contributed by atoms with Crippen LogP contribution in [0.2, 0.25) is 36.3 Å². The summed E-state index contributed by atoms with van der Waals surface area (Å²) in [5.41, 5.74) is 3.10. The van der Waals surface area contributed by atoms with Gasteiger partial charge in [-0.15, -0.1) is 6.58 Å². The normalized spacial score (nSPS) is 20.4. The molecule has 0 saturated carbocycles. The minimum atomic E-state index is -4.03. The monoisotopic (exact) mass is 1080 g/mol. The summed E-state index contributed by atoms with van der Waals surface area (Å²) in [6.45, 7) is 27.6. The fourth-order valence-electron chi connectivity index (χ4n) is 10.3. The highest BCUT2D eigenvalue weighted by molar-refractivity contribution is 7.94. The standard InChI is InChI=1S/C62H90O10SSi2/c1-14-27-57-59(70-44-49-30-23-19-24-31-49)41-55(63)60(71-57)54(61(75(15-2,16-3)17-4)73(64,65)53-32-25-20-26-33-53)38-39-56(67-11)46(5)47(6)58(72-74(12,13)62(7,8)9)40-52(69-43-48-28-21-18-22-29-48)45-68-42-50-34-36-51(66-10)37-35-50/h14,18-26,28-37,46-47,52,54-61,63H,1,15-17,27,40-45H2,2-13H3/t46-,47-,52-,54?,55-,56?,57-,58?,59+,60+,61?/m0/s1. The molecule has 0 bridgehead atoms. The van der Waals surface area contributed by atoms with Crippen LogP contribution in [0.15, 0.2) is 133 Å². The van der Waals surface area contributed by atoms with E-state index in [2.05, 4.69) is 99.0 Å². The van der Waals surface area contributed by atoms with Crippen LogP contribution in [0.3, 0.4) is 0 Å². The summed E-state index contributed by atoms with van der Waals surface area (Å²) >= 11 is 0. The topological polar surface area (TPSA) is 119 Å². The van der Waals surface area contributed by atoms with E-state index in [4.69, 9.17) is 32.8 Å². The van der Waals surface area contributed by atoms with Crippen LogP contribution >= 0.6 is 0 Å². The minimum Gasteiger partial charge on any atom is -0.497 e. The van der Waals surface area contributed by atoms with Gasteiger partial charge in [0.05, 0.1) is 93.9 Å². The van der Waals surface area contributed by atoms with Crippen molar-refractivity contribution in [2.75, 3.05) is 20.8 Å². The van der Waals surface area contributed by atoms with Crippen LogP contribution in [0, 0.1) is 29.6 Å². The summed E-state index contributed by atoms with van der Waals surface area (Å²) < 4.78 is 77.1. The Kier molecular flexibility index (Phi) is 24.1. The average molecular weight is 1080 g/mol. The first kappa shape index (κ1) is 61.9. The molecule has 4 unspecified atom stereocenters. The van der Waals surface area contributed by atoms with Gasteiger partial charge in [-0.2, -0.15) is 0 Å². The Balaban J connectivity index is 1.57. The van der Waals surface area contributed by atoms with Crippen molar-refractivity contribution in [2.45, 2.75) is 183 Å². The summed E-state index contributed by atoms with van der Waals surface area (Å²) in [5.74, 6) is 6.74. The number of rotatable bonds is 29. The highest BCUT2D eigenvalue weighted by atomic mass is 32.2. The van der Waals surface area contributed by atoms with Crippen molar-refractivity contribution >= 4 is 26.2 Å². The van der Waals surface area contributed by atoms with E-state index in [0.717, 1.165) is 22.4 Å². The number of aliphatic hydroxyl groups excluding tert-OH is 1. The number of sulfone groups is 1. The Morgan fingerprint density at radius 3 is 1.88 bits per heavy atom. The molecule has 0 amide bonds. The molecule has 0 radical (unpaired) electrons. The Bertz CT molecular complexity index is 2450. The molecule has 5 rings (SSSR count). The van der Waals surface area contributed by atoms with E-state index in [9.17, 15) is 5.11 Å². The Hall–Kier alpha value is -3.92. The van der Waals surface area contributed by atoms with Crippen LogP contribution in [0.4, 0.5) is 0 Å². The maximum absolute atomic E-state index is 15.6. The number of methoxy groups -OCH3 is 2. The van der Waals surface area contributed by atoms with Crippen molar-refractivity contribution in [3.05, 3.63) is 145 Å². The van der Waals surface area contributed by atoms with Crippen LogP contribution in [0.1, 0.15) is 91.3 Å². The molecular formula is C62H90O10SSi2. The number of hydrogen-bond acceptors (Lipinski definition) is 10. The van der Waals surface area contributed by atoms with Crippen molar-refractivity contribution < 1.29 is 46.4 Å². The molecule has 11 atom stereocenters. The van der Waals surface area contributed by atoms with Gasteiger partial charge in [0, 0.05) is 20.0 Å². The Morgan fingerprint density at radius 2 is 1.35 bits per heavy atom. The van der Waals surface area contributed by atoms with Crippen LogP contribution in [-0.2, 0) is 57.8 Å². The first-order chi connectivity index (χ1) is 35.8. The van der Waals surface area contributed by atoms with Gasteiger partial charge in [-0.3, -0.25) is 0 Å². The van der Waals surface area contributed by atoms with E-state index in [1.165, 1.54) is 0 Å². The summed E-state index contributed by atoms with van der Waals surface area (Å²) in [4.78, 5) is -0.662. The van der Waals surface area contributed by atoms with E-state index in [1.54, 1.807) is 44.6 Å². The van der Waals surface area contributed by atoms with Crippen LogP contribution in [-0.4, -0.2) is 98.3 Å². The third-order valence-electron chi connectivity index (χ3n) is 16.5. The van der Waals surface area contributed by atoms with Crippen LogP contribution in [0.25, 0.3) is 0 Å². The Labute approximate surface area is 454 Å². The third-order valence-corrected chi connectivity index (χ3v) is 31.1. The molecule has 1 saturated heterocycles. The highest BCUT2D eigenvalue weighted by Crippen LogP contribution is 2.43. The van der Waals surface area contributed by atoms with Crippen molar-refractivity contribution in [3.63, 3.8) is 0 Å². The average Bonchev–Trinajstić information content (AvgIpc) is 3.41. The molecule has 0 spiro atoms. The minimum absolute atomic E-state index is 0.0868. The van der Waals surface area contributed by atoms with Gasteiger partial charge in [0.2, 0.25) is 0 Å². The zero-order valence-corrected chi connectivity index (χ0v) is 50.0. The summed E-state index contributed by atoms with van der Waals surface area (Å²) in [6.07, 6.45) is -1.18. The smallest absolute Gasteiger partial charge is 0.192 e. The SMILES string of the molecule is C=CC[C@@H]1O[C@H](C(C#CC(OC)[C@@H](C)[C@H](C)C(C[C@@H](COCc2ccc(OC)cc2)OCc2ccccc2)O[Si](C)(C)C(C)(C)C)C([Si](CC)(CC)CC)S(=O)(=O)c2ccccc2)[C@@H](O)C[C@H]1OCc1ccccc1. The second kappa shape index (κ2) is 29.2. The summed E-state index contributed by atoms with van der Waals surface area (Å²) in [7, 11) is -5.86. The molecule has 1 heterocycles. The van der Waals surface area contributed by atoms with Gasteiger partial charge >= 0.3 is 0 Å². The number of aliphatic hydroxyl groups is 1. The van der Waals surface area contributed by atoms with E-state index in [0.29, 0.717) is 57.4 Å². The molecule has 1 fully saturated rings. The number of benzene rings is 4. The second-order valence-corrected chi connectivity index (χ2v) is 34.8. The summed E-state index contributed by atoms with van der Waals surface area (Å²) in [6, 6.07) is 38.9. The lowest BCUT2D eigenvalue weighted by atomic mass is 9.84. The number of hydrogen-bond donors (Lipinski definition) is 1. The van der Waals surface area contributed by atoms with Crippen molar-refractivity contribution in [1.82, 2.24) is 0 Å². The van der Waals surface area contributed by atoms with Gasteiger partial charge in [-0.1, -0.05) is 182 Å². The van der Waals surface area contributed by atoms with Gasteiger partial charge in [0.25, 0.3) is 0 Å². The van der Waals surface area contributed by atoms with Gasteiger partial charge in [-0.25, -0.2) is 8.42 Å². The molecule has 0 aliphatic carbocycles. The van der Waals surface area contributed by atoms with Gasteiger partial charge in [0.1, 0.15) is 11.9 Å². The molecule has 4 aromatic rings. The van der Waals surface area contributed by atoms with E-state index < -0.39 is 67.5 Å². The predicted octanol–water partition coefficient (Wildman–Crippen LogP) is 13.1. The maximum Gasteiger partial charge on any atom is 0.192 e. The first-order valence-corrected chi connectivity index (χ1v) is 34.4. The molecule has 75 heavy (non-hydrogen) atoms. The van der Waals surface area contributed by atoms with E-state index >= 15 is 8.42 Å². The molecular weight excluding hydrogens is 993 g/mol. The van der Waals surface area contributed by atoms with Gasteiger partial charge in [-0.05, 0) is 77.3 Å². The fraction of sp³-hybridized carbons (Fsp3) is 0.548. The van der Waals surface area contributed by atoms with Crippen molar-refractivity contribution in [3.8, 4) is 17.6 Å². The quantitative estimate of drug-likeness (QED) is 0.0320. The van der Waals surface area contributed by atoms with Crippen LogP contribution in [0.5, 0.6) is 5.75 Å². The zero-order chi connectivity index (χ0) is 54.8. The summed E-state index contributed by atoms with van der Waals surface area (Å²) in [5, 5.41) is 12.3. The molecule has 1 aliphatic heterocycles. The van der Waals surface area contributed by atoms with Gasteiger partial charge in [0.15, 0.2) is 18.2 Å². The van der Waals surface area contributed by atoms with E-state index in [1.807, 2.05) is 78.9 Å². The third kappa shape index (κ3) is 16.8. The predicted molar refractivity (Wildman–Crippen MR) is 308 cm³/mol. The number of ether oxygens (including phenoxy) is 6. The van der Waals surface area contributed by atoms with Crippen molar-refractivity contribution in [2.24, 2.45) is 17.8 Å². The molecule has 13 heteroatoms. The Morgan fingerprint density at radius 1 is 0.787 bits per heavy atom. The molecule has 1 N–H and O–H groups in total. The van der Waals surface area contributed by atoms with Gasteiger partial charge < -0.3 is 38.0 Å². The molecule has 10 nitrogen and oxygen atoms in total. The highest BCUT2D eigenvalue weighted by Gasteiger charge is 2.54. The molecule has 4 aromatic carbocycles. The fourth-order valence-corrected chi connectivity index (χ4v) is 21.4. The van der Waals surface area contributed by atoms with E-state index in [-0.39, 0.29) is 40.4 Å². The largest absolute Gasteiger partial charge is 0.497 e. The second-order valence-electron chi connectivity index (χ2n) is 22.1. The zero-order valence-electron chi connectivity index (χ0n) is 47.2. The molecule has 412 valence electrons. The lowest BCUT2D eigenvalue weighted by Crippen LogP contribution is -2.60. The lowest BCUT2D eigenvalue weighted by molar-refractivity contribution is -0.193. The molecule has 1 aliphatic rings. The first-order valence-electron chi connectivity index (χ1n) is 27.2. The maximum atomic E-state index is 15.6. The van der Waals surface area contributed by atoms with Crippen LogP contribution < -0.4 is 4.74 Å². The van der Waals surface area contributed by atoms with Crippen molar-refractivity contribution in [1.29, 1.82) is 0 Å². The lowest BCUT2D eigenvalue weighted by Gasteiger charge is -2.46. The molecule has 0 aromatic heterocycles.